The third-order valence-electron chi connectivity index (χ3n) is 8.32. The monoisotopic (exact) mass is 546 g/mol. The number of anilines is 2. The highest BCUT2D eigenvalue weighted by atomic mass is 28.4. The highest BCUT2D eigenvalue weighted by molar-refractivity contribution is 6.74. The molecule has 4 rings (SSSR count). The third-order valence-corrected chi connectivity index (χ3v) is 12.8. The van der Waals surface area contributed by atoms with Gasteiger partial charge in [-0.05, 0) is 73.6 Å². The van der Waals surface area contributed by atoms with Gasteiger partial charge in [0, 0.05) is 50.1 Å². The third kappa shape index (κ3) is 6.24. The van der Waals surface area contributed by atoms with Crippen LogP contribution >= 0.6 is 0 Å². The Labute approximate surface area is 233 Å². The summed E-state index contributed by atoms with van der Waals surface area (Å²) in [6.07, 6.45) is 4.47. The van der Waals surface area contributed by atoms with Gasteiger partial charge in [0.05, 0.1) is 23.0 Å². The first-order chi connectivity index (χ1) is 18.4. The number of rotatable bonds is 10. The minimum atomic E-state index is -1.91. The van der Waals surface area contributed by atoms with E-state index in [-0.39, 0.29) is 10.5 Å². The minimum Gasteiger partial charge on any atom is -0.416 e. The Balaban J connectivity index is 1.63. The van der Waals surface area contributed by atoms with E-state index < -0.39 is 8.32 Å². The Morgan fingerprint density at radius 2 is 2.00 bits per heavy atom. The Kier molecular flexibility index (Phi) is 8.31. The predicted octanol–water partition coefficient (Wildman–Crippen LogP) is 6.53. The molecule has 0 aliphatic heterocycles. The molecule has 1 N–H and O–H groups in total. The van der Waals surface area contributed by atoms with Crippen molar-refractivity contribution in [2.45, 2.75) is 84.0 Å². The average Bonchev–Trinajstić information content (AvgIpc) is 3.41. The maximum atomic E-state index is 10.0. The summed E-state index contributed by atoms with van der Waals surface area (Å²) in [6, 6.07) is 10.5. The van der Waals surface area contributed by atoms with Gasteiger partial charge < -0.3 is 14.5 Å². The van der Waals surface area contributed by atoms with Crippen LogP contribution < -0.4 is 5.32 Å². The van der Waals surface area contributed by atoms with Gasteiger partial charge in [0.2, 0.25) is 5.95 Å². The van der Waals surface area contributed by atoms with Crippen molar-refractivity contribution < 1.29 is 9.16 Å². The normalized spacial score (nSPS) is 17.2. The van der Waals surface area contributed by atoms with Gasteiger partial charge in [-0.2, -0.15) is 10.4 Å². The summed E-state index contributed by atoms with van der Waals surface area (Å²) in [7, 11) is -0.205. The lowest BCUT2D eigenvalue weighted by Gasteiger charge is -2.39. The van der Waals surface area contributed by atoms with Crippen LogP contribution in [0.3, 0.4) is 0 Å². The van der Waals surface area contributed by atoms with Crippen molar-refractivity contribution in [2.75, 3.05) is 25.6 Å². The van der Waals surface area contributed by atoms with Crippen LogP contribution in [0.2, 0.25) is 18.1 Å². The van der Waals surface area contributed by atoms with Crippen molar-refractivity contribution in [3.05, 3.63) is 52.8 Å². The highest BCUT2D eigenvalue weighted by Crippen LogP contribution is 2.44. The van der Waals surface area contributed by atoms with E-state index in [4.69, 9.17) is 14.1 Å². The molecule has 2 heterocycles. The maximum Gasteiger partial charge on any atom is 0.228 e. The van der Waals surface area contributed by atoms with E-state index >= 15 is 0 Å². The lowest BCUT2D eigenvalue weighted by molar-refractivity contribution is 0.189. The van der Waals surface area contributed by atoms with E-state index in [1.165, 1.54) is 5.56 Å². The van der Waals surface area contributed by atoms with E-state index in [0.717, 1.165) is 59.7 Å². The SMILES string of the molecule is COCCCn1nc(C)cc1Nc1nccc(-c2cc(C#N)c3c(c2)[C@](C)(CO[Si](C)(C)C(C)(C)C)CC3)n1. The number of hydrogen-bond donors (Lipinski definition) is 1. The van der Waals surface area contributed by atoms with Gasteiger partial charge in [-0.25, -0.2) is 14.6 Å². The molecular weight excluding hydrogens is 504 g/mol. The Bertz CT molecular complexity index is 1370. The first-order valence-corrected chi connectivity index (χ1v) is 16.6. The lowest BCUT2D eigenvalue weighted by atomic mass is 9.83. The average molecular weight is 547 g/mol. The van der Waals surface area contributed by atoms with Crippen LogP contribution in [0.15, 0.2) is 30.5 Å². The number of hydrogen-bond acceptors (Lipinski definition) is 7. The summed E-state index contributed by atoms with van der Waals surface area (Å²) >= 11 is 0. The zero-order valence-electron chi connectivity index (χ0n) is 24.7. The van der Waals surface area contributed by atoms with Gasteiger partial charge in [0.15, 0.2) is 8.32 Å². The number of nitrogens with one attached hydrogen (secondary N) is 1. The van der Waals surface area contributed by atoms with Crippen LogP contribution in [-0.4, -0.2) is 48.4 Å². The molecule has 0 radical (unpaired) electrons. The van der Waals surface area contributed by atoms with Crippen LogP contribution in [0.1, 0.15) is 62.9 Å². The van der Waals surface area contributed by atoms with Crippen molar-refractivity contribution in [3.63, 3.8) is 0 Å². The smallest absolute Gasteiger partial charge is 0.228 e. The highest BCUT2D eigenvalue weighted by Gasteiger charge is 2.42. The quantitative estimate of drug-likeness (QED) is 0.228. The molecule has 3 aromatic rings. The molecule has 9 heteroatoms. The second kappa shape index (κ2) is 11.2. The second-order valence-corrected chi connectivity index (χ2v) is 17.2. The summed E-state index contributed by atoms with van der Waals surface area (Å²) in [5.74, 6) is 1.33. The fraction of sp³-hybridized carbons (Fsp3) is 0.533. The zero-order chi connectivity index (χ0) is 28.4. The van der Waals surface area contributed by atoms with Gasteiger partial charge in [-0.3, -0.25) is 0 Å². The number of nitrogens with zero attached hydrogens (tertiary/aromatic N) is 5. The zero-order valence-corrected chi connectivity index (χ0v) is 25.7. The fourth-order valence-corrected chi connectivity index (χ4v) is 5.95. The number of methoxy groups -OCH3 is 1. The summed E-state index contributed by atoms with van der Waals surface area (Å²) in [5, 5.41) is 18.1. The maximum absolute atomic E-state index is 10.0. The van der Waals surface area contributed by atoms with E-state index in [0.29, 0.717) is 19.2 Å². The Morgan fingerprint density at radius 3 is 2.69 bits per heavy atom. The molecule has 39 heavy (non-hydrogen) atoms. The number of aryl methyl sites for hydroxylation is 2. The fourth-order valence-electron chi connectivity index (χ4n) is 4.84. The largest absolute Gasteiger partial charge is 0.416 e. The molecule has 0 amide bonds. The van der Waals surface area contributed by atoms with E-state index in [9.17, 15) is 5.26 Å². The van der Waals surface area contributed by atoms with E-state index in [1.807, 2.05) is 29.8 Å². The van der Waals surface area contributed by atoms with Crippen LogP contribution in [0.4, 0.5) is 11.8 Å². The molecule has 8 nitrogen and oxygen atoms in total. The molecule has 0 saturated carbocycles. The molecule has 1 aliphatic carbocycles. The van der Waals surface area contributed by atoms with Gasteiger partial charge in [-0.15, -0.1) is 0 Å². The molecule has 0 spiro atoms. The van der Waals surface area contributed by atoms with Crippen LogP contribution in [0, 0.1) is 18.3 Å². The van der Waals surface area contributed by atoms with Crippen molar-refractivity contribution in [1.82, 2.24) is 19.7 Å². The topological polar surface area (TPSA) is 97.9 Å². The Morgan fingerprint density at radius 1 is 1.23 bits per heavy atom. The van der Waals surface area contributed by atoms with Crippen molar-refractivity contribution in [3.8, 4) is 17.3 Å². The Hall–Kier alpha value is -3.06. The molecule has 1 atom stereocenters. The van der Waals surface area contributed by atoms with Gasteiger partial charge in [0.1, 0.15) is 5.82 Å². The van der Waals surface area contributed by atoms with Crippen molar-refractivity contribution >= 4 is 20.1 Å². The number of nitriles is 1. The summed E-state index contributed by atoms with van der Waals surface area (Å²) < 4.78 is 13.8. The van der Waals surface area contributed by atoms with E-state index in [2.05, 4.69) is 68.3 Å². The summed E-state index contributed by atoms with van der Waals surface area (Å²) in [5.41, 5.74) is 5.53. The van der Waals surface area contributed by atoms with Crippen LogP contribution in [0.25, 0.3) is 11.3 Å². The molecule has 1 aliphatic rings. The lowest BCUT2D eigenvalue weighted by Crippen LogP contribution is -2.44. The number of fused-ring (bicyclic) bond motifs is 1. The molecule has 0 saturated heterocycles. The van der Waals surface area contributed by atoms with Gasteiger partial charge in [0.25, 0.3) is 0 Å². The predicted molar refractivity (Wildman–Crippen MR) is 158 cm³/mol. The summed E-state index contributed by atoms with van der Waals surface area (Å²) in [6.45, 7) is 17.7. The van der Waals surface area contributed by atoms with Crippen molar-refractivity contribution in [2.24, 2.45) is 0 Å². The first kappa shape index (κ1) is 28.9. The van der Waals surface area contributed by atoms with Gasteiger partial charge >= 0.3 is 0 Å². The molecule has 1 aromatic carbocycles. The molecule has 2 aromatic heterocycles. The second-order valence-electron chi connectivity index (χ2n) is 12.4. The standard InChI is InChI=1S/C30H42N6O2Si/c1-21-16-27(36(35-21)14-9-15-37-6)34-28-32-13-11-26(33-28)22-17-23(19-31)24-10-12-30(5,25(24)18-22)20-38-39(7,8)29(2,3)4/h11,13,16-18H,9-10,12,14-15,20H2,1-8H3,(H,32,33,34)/t30-/m0/s1. The van der Waals surface area contributed by atoms with Gasteiger partial charge in [-0.1, -0.05) is 27.7 Å². The first-order valence-electron chi connectivity index (χ1n) is 13.7. The molecule has 0 fully saturated rings. The summed E-state index contributed by atoms with van der Waals surface area (Å²) in [4.78, 5) is 9.29. The van der Waals surface area contributed by atoms with Crippen molar-refractivity contribution in [1.29, 1.82) is 5.26 Å². The van der Waals surface area contributed by atoms with Crippen LogP contribution in [0.5, 0.6) is 0 Å². The number of benzene rings is 1. The molecule has 208 valence electrons. The van der Waals surface area contributed by atoms with Crippen LogP contribution in [-0.2, 0) is 27.5 Å². The minimum absolute atomic E-state index is 0.145. The number of aromatic nitrogens is 4. The molecule has 0 bridgehead atoms. The molecular formula is C30H42N6O2Si. The molecule has 0 unspecified atom stereocenters. The number of ether oxygens (including phenoxy) is 1. The van der Waals surface area contributed by atoms with E-state index in [1.54, 1.807) is 13.3 Å².